The van der Waals surface area contributed by atoms with Gasteiger partial charge in [0, 0.05) is 11.1 Å². The Morgan fingerprint density at radius 2 is 1.89 bits per heavy atom. The highest BCUT2D eigenvalue weighted by molar-refractivity contribution is 7.17. The molecule has 7 nitrogen and oxygen atoms in total. The fourth-order valence-corrected chi connectivity index (χ4v) is 4.05. The van der Waals surface area contributed by atoms with Crippen LogP contribution in [0.3, 0.4) is 0 Å². The summed E-state index contributed by atoms with van der Waals surface area (Å²) >= 11 is 7.39. The Bertz CT molecular complexity index is 1250. The summed E-state index contributed by atoms with van der Waals surface area (Å²) in [6.07, 6.45) is 13.9. The number of rotatable bonds is 13. The number of aromatic nitrogens is 3. The van der Waals surface area contributed by atoms with Crippen LogP contribution in [0.4, 0.5) is 5.13 Å². The van der Waals surface area contributed by atoms with Gasteiger partial charge in [-0.3, -0.25) is 10.1 Å². The lowest BCUT2D eigenvalue weighted by atomic mass is 9.96. The number of pyridine rings is 1. The first kappa shape index (κ1) is 31.0. The molecule has 38 heavy (non-hydrogen) atoms. The van der Waals surface area contributed by atoms with Crippen LogP contribution in [0.2, 0.25) is 5.15 Å². The number of methoxy groups -OCH3 is 1. The topological polar surface area (TPSA) is 86.2 Å². The second kappa shape index (κ2) is 15.9. The first-order chi connectivity index (χ1) is 18.2. The molecule has 0 fully saturated rings. The van der Waals surface area contributed by atoms with Gasteiger partial charge in [0.1, 0.15) is 10.9 Å². The number of halogens is 1. The van der Waals surface area contributed by atoms with E-state index in [0.717, 1.165) is 24.8 Å². The lowest BCUT2D eigenvalue weighted by Crippen LogP contribution is -2.15. The third-order valence-electron chi connectivity index (χ3n) is 5.54. The fourth-order valence-electron chi connectivity index (χ4n) is 3.28. The molecule has 0 atom stereocenters. The van der Waals surface area contributed by atoms with Crippen molar-refractivity contribution in [2.75, 3.05) is 19.0 Å². The van der Waals surface area contributed by atoms with Crippen molar-refractivity contribution in [3.8, 4) is 10.9 Å². The molecule has 0 radical (unpaired) electrons. The van der Waals surface area contributed by atoms with Crippen LogP contribution in [-0.4, -0.2) is 34.8 Å². The molecule has 0 spiro atoms. The molecule has 9 heteroatoms. The molecule has 1 N–H and O–H groups in total. The van der Waals surface area contributed by atoms with E-state index in [0.29, 0.717) is 44.5 Å². The second-order valence-corrected chi connectivity index (χ2v) is 10.1. The molecule has 2 rings (SSSR count). The van der Waals surface area contributed by atoms with Gasteiger partial charge in [-0.1, -0.05) is 77.6 Å². The van der Waals surface area contributed by atoms with Crippen molar-refractivity contribution in [1.82, 2.24) is 15.2 Å². The summed E-state index contributed by atoms with van der Waals surface area (Å²) < 4.78 is 11.2. The molecule has 1 amide bonds. The predicted molar refractivity (Wildman–Crippen MR) is 158 cm³/mol. The highest BCUT2D eigenvalue weighted by Gasteiger charge is 2.19. The number of carbonyl (C=O) groups is 1. The number of hydrogen-bond acceptors (Lipinski definition) is 7. The molecule has 0 aliphatic carbocycles. The summed E-state index contributed by atoms with van der Waals surface area (Å²) in [5.41, 5.74) is 5.39. The SMILES string of the molecule is CC/C=C/C(C(=O)Nc1nnc(OCC/C=C\C(C)=C(/C)CC)s1)=C(\C=C(C)C)c1cc(Cl)ncc1OC. The van der Waals surface area contributed by atoms with Gasteiger partial charge in [0.05, 0.1) is 19.9 Å². The lowest BCUT2D eigenvalue weighted by molar-refractivity contribution is -0.112. The van der Waals surface area contributed by atoms with Crippen LogP contribution in [0.15, 0.2) is 64.9 Å². The van der Waals surface area contributed by atoms with Crippen LogP contribution in [0.25, 0.3) is 5.57 Å². The monoisotopic (exact) mass is 556 g/mol. The van der Waals surface area contributed by atoms with Crippen molar-refractivity contribution >= 4 is 39.5 Å². The average molecular weight is 557 g/mol. The van der Waals surface area contributed by atoms with Crippen molar-refractivity contribution in [3.63, 3.8) is 0 Å². The van der Waals surface area contributed by atoms with Crippen LogP contribution in [0, 0.1) is 0 Å². The molecule has 204 valence electrons. The number of nitrogens with zero attached hydrogens (tertiary/aromatic N) is 3. The molecule has 2 heterocycles. The molecule has 0 unspecified atom stereocenters. The Morgan fingerprint density at radius 1 is 1.13 bits per heavy atom. The quantitative estimate of drug-likeness (QED) is 0.116. The Kier molecular flexibility index (Phi) is 13.0. The van der Waals surface area contributed by atoms with Crippen molar-refractivity contribution < 1.29 is 14.3 Å². The summed E-state index contributed by atoms with van der Waals surface area (Å²) in [6, 6.07) is 1.69. The van der Waals surface area contributed by atoms with E-state index in [1.165, 1.54) is 22.5 Å². The van der Waals surface area contributed by atoms with Gasteiger partial charge in [-0.15, -0.1) is 5.10 Å². The summed E-state index contributed by atoms with van der Waals surface area (Å²) in [7, 11) is 1.55. The zero-order valence-electron chi connectivity index (χ0n) is 23.2. The lowest BCUT2D eigenvalue weighted by Gasteiger charge is -2.14. The zero-order valence-corrected chi connectivity index (χ0v) is 24.8. The zero-order chi connectivity index (χ0) is 28.1. The van der Waals surface area contributed by atoms with Crippen molar-refractivity contribution in [2.45, 2.75) is 60.8 Å². The number of ether oxygens (including phenoxy) is 2. The number of carbonyl (C=O) groups excluding carboxylic acids is 1. The molecule has 0 saturated carbocycles. The third kappa shape index (κ3) is 9.58. The highest BCUT2D eigenvalue weighted by Crippen LogP contribution is 2.33. The maximum atomic E-state index is 13.5. The first-order valence-electron chi connectivity index (χ1n) is 12.6. The van der Waals surface area contributed by atoms with Gasteiger partial charge in [0.2, 0.25) is 5.13 Å². The third-order valence-corrected chi connectivity index (χ3v) is 6.50. The number of amides is 1. The average Bonchev–Trinajstić information content (AvgIpc) is 3.33. The Labute approximate surface area is 235 Å². The van der Waals surface area contributed by atoms with Crippen LogP contribution in [0.5, 0.6) is 10.9 Å². The summed E-state index contributed by atoms with van der Waals surface area (Å²) in [6.45, 7) is 12.8. The summed E-state index contributed by atoms with van der Waals surface area (Å²) in [4.78, 5) is 17.6. The predicted octanol–water partition coefficient (Wildman–Crippen LogP) is 7.99. The molecular weight excluding hydrogens is 520 g/mol. The molecule has 0 aliphatic rings. The fraction of sp³-hybridized carbons (Fsp3) is 0.379. The summed E-state index contributed by atoms with van der Waals surface area (Å²) in [5.74, 6) is 0.171. The van der Waals surface area contributed by atoms with E-state index in [4.69, 9.17) is 21.1 Å². The molecule has 0 aromatic carbocycles. The van der Waals surface area contributed by atoms with Gasteiger partial charge >= 0.3 is 0 Å². The Morgan fingerprint density at radius 3 is 2.55 bits per heavy atom. The van der Waals surface area contributed by atoms with Crippen LogP contribution in [0.1, 0.15) is 66.4 Å². The normalized spacial score (nSPS) is 12.8. The van der Waals surface area contributed by atoms with Gasteiger partial charge < -0.3 is 9.47 Å². The number of allylic oxidation sites excluding steroid dienone is 7. The Hall–Kier alpha value is -3.23. The smallest absolute Gasteiger partial charge is 0.295 e. The highest BCUT2D eigenvalue weighted by atomic mass is 35.5. The number of hydrogen-bond donors (Lipinski definition) is 1. The van der Waals surface area contributed by atoms with Gasteiger partial charge in [0.25, 0.3) is 11.1 Å². The van der Waals surface area contributed by atoms with E-state index < -0.39 is 0 Å². The number of nitrogens with one attached hydrogen (secondary N) is 1. The van der Waals surface area contributed by atoms with E-state index in [1.54, 1.807) is 25.4 Å². The molecule has 0 bridgehead atoms. The molecule has 0 aliphatic heterocycles. The molecule has 2 aromatic heterocycles. The van der Waals surface area contributed by atoms with Crippen molar-refractivity contribution in [2.24, 2.45) is 0 Å². The van der Waals surface area contributed by atoms with Gasteiger partial charge in [-0.2, -0.15) is 0 Å². The maximum absolute atomic E-state index is 13.5. The van der Waals surface area contributed by atoms with E-state index >= 15 is 0 Å². The van der Waals surface area contributed by atoms with Crippen molar-refractivity contribution in [3.05, 3.63) is 75.7 Å². The van der Waals surface area contributed by atoms with Gasteiger partial charge in [0.15, 0.2) is 0 Å². The maximum Gasteiger partial charge on any atom is 0.295 e. The molecular formula is C29H37ClN4O3S. The minimum absolute atomic E-state index is 0.298. The van der Waals surface area contributed by atoms with Crippen LogP contribution < -0.4 is 14.8 Å². The summed E-state index contributed by atoms with van der Waals surface area (Å²) in [5, 5.41) is 12.0. The van der Waals surface area contributed by atoms with E-state index in [-0.39, 0.29) is 5.91 Å². The minimum atomic E-state index is -0.337. The first-order valence-corrected chi connectivity index (χ1v) is 13.8. The van der Waals surface area contributed by atoms with E-state index in [1.807, 2.05) is 32.9 Å². The van der Waals surface area contributed by atoms with E-state index in [9.17, 15) is 4.79 Å². The van der Waals surface area contributed by atoms with Crippen LogP contribution in [-0.2, 0) is 4.79 Å². The second-order valence-electron chi connectivity index (χ2n) is 8.75. The molecule has 0 saturated heterocycles. The van der Waals surface area contributed by atoms with Gasteiger partial charge in [-0.05, 0) is 69.9 Å². The van der Waals surface area contributed by atoms with E-state index in [2.05, 4.69) is 53.4 Å². The standard InChI is InChI=1S/C29H37ClN4O3S/c1-8-10-14-22(23(16-19(3)4)24-17-26(30)31-18-25(24)36-7)27(35)32-28-33-34-29(38-28)37-15-12-11-13-21(6)20(5)9-2/h10-11,13-14,16-18H,8-9,12,15H2,1-7H3,(H,32,33,35)/b13-11-,14-10+,21-20+,23-22-. The minimum Gasteiger partial charge on any atom is -0.494 e. The van der Waals surface area contributed by atoms with Crippen molar-refractivity contribution in [1.29, 1.82) is 0 Å². The Balaban J connectivity index is 2.27. The largest absolute Gasteiger partial charge is 0.494 e. The van der Waals surface area contributed by atoms with Crippen LogP contribution >= 0.6 is 22.9 Å². The number of anilines is 1. The van der Waals surface area contributed by atoms with Gasteiger partial charge in [-0.25, -0.2) is 4.98 Å². The molecule has 2 aromatic rings.